The van der Waals surface area contributed by atoms with Gasteiger partial charge in [0.05, 0.1) is 11.8 Å². The quantitative estimate of drug-likeness (QED) is 0.686. The van der Waals surface area contributed by atoms with E-state index in [4.69, 9.17) is 10.3 Å². The molecule has 128 valence electrons. The van der Waals surface area contributed by atoms with Crippen molar-refractivity contribution in [2.45, 2.75) is 18.5 Å². The molecular formula is C15H18N4O3S2. The van der Waals surface area contributed by atoms with E-state index in [0.717, 1.165) is 4.88 Å². The Morgan fingerprint density at radius 1 is 1.33 bits per heavy atom. The average molecular weight is 366 g/mol. The highest BCUT2D eigenvalue weighted by molar-refractivity contribution is 7.90. The summed E-state index contributed by atoms with van der Waals surface area (Å²) in [6, 6.07) is 7.04. The molecule has 7 nitrogen and oxygen atoms in total. The minimum atomic E-state index is -3.08. The van der Waals surface area contributed by atoms with Gasteiger partial charge in [0.25, 0.3) is 0 Å². The fourth-order valence-corrected chi connectivity index (χ4v) is 3.86. The molecule has 0 saturated carbocycles. The van der Waals surface area contributed by atoms with Crippen LogP contribution in [0.25, 0.3) is 0 Å². The summed E-state index contributed by atoms with van der Waals surface area (Å²) >= 11 is 1.60. The number of rotatable bonds is 7. The zero-order valence-electron chi connectivity index (χ0n) is 13.1. The maximum absolute atomic E-state index is 11.3. The Hall–Kier alpha value is -1.97. The van der Waals surface area contributed by atoms with Gasteiger partial charge in [0.15, 0.2) is 5.82 Å². The monoisotopic (exact) mass is 366 g/mol. The molecule has 0 aliphatic heterocycles. The number of nitrogens with two attached hydrogens (primary N) is 1. The van der Waals surface area contributed by atoms with E-state index in [-0.39, 0.29) is 24.1 Å². The number of thiophene rings is 1. The number of aromatic nitrogens is 3. The number of sulfone groups is 1. The molecule has 3 aromatic rings. The smallest absolute Gasteiger partial charge is 0.243 e. The largest absolute Gasteiger partial charge is 0.339 e. The third-order valence-corrected chi connectivity index (χ3v) is 5.46. The van der Waals surface area contributed by atoms with E-state index in [1.54, 1.807) is 11.3 Å². The van der Waals surface area contributed by atoms with Gasteiger partial charge >= 0.3 is 0 Å². The zero-order chi connectivity index (χ0) is 17.2. The van der Waals surface area contributed by atoms with Crippen LogP contribution in [-0.2, 0) is 9.84 Å². The van der Waals surface area contributed by atoms with Crippen LogP contribution in [0.1, 0.15) is 35.1 Å². The van der Waals surface area contributed by atoms with Crippen LogP contribution < -0.4 is 5.73 Å². The van der Waals surface area contributed by atoms with Gasteiger partial charge in [-0.15, -0.1) is 11.3 Å². The molecule has 0 amide bonds. The summed E-state index contributed by atoms with van der Waals surface area (Å²) in [6.45, 7) is 0. The SMILES string of the molecule is CS(=O)(=O)CC[C@@H](N)c1nc([C@H](c2cccs2)n2cccc2)no1. The highest BCUT2D eigenvalue weighted by Crippen LogP contribution is 2.29. The lowest BCUT2D eigenvalue weighted by Crippen LogP contribution is -2.16. The van der Waals surface area contributed by atoms with Crippen molar-refractivity contribution in [1.29, 1.82) is 0 Å². The molecule has 0 radical (unpaired) electrons. The molecule has 0 saturated heterocycles. The first-order chi connectivity index (χ1) is 11.4. The molecule has 9 heteroatoms. The molecule has 0 aliphatic carbocycles. The minimum absolute atomic E-state index is 0.0160. The molecule has 2 atom stereocenters. The van der Waals surface area contributed by atoms with Crippen LogP contribution >= 0.6 is 11.3 Å². The highest BCUT2D eigenvalue weighted by Gasteiger charge is 2.24. The predicted molar refractivity (Wildman–Crippen MR) is 91.5 cm³/mol. The van der Waals surface area contributed by atoms with Gasteiger partial charge in [-0.05, 0) is 30.0 Å². The van der Waals surface area contributed by atoms with Gasteiger partial charge in [-0.2, -0.15) is 4.98 Å². The molecule has 0 spiro atoms. The predicted octanol–water partition coefficient (Wildman–Crippen LogP) is 2.00. The molecule has 0 aliphatic rings. The first-order valence-corrected chi connectivity index (χ1v) is 10.3. The van der Waals surface area contributed by atoms with E-state index in [9.17, 15) is 8.42 Å². The average Bonchev–Trinajstić information content (AvgIpc) is 3.27. The van der Waals surface area contributed by atoms with Crippen molar-refractivity contribution in [3.63, 3.8) is 0 Å². The summed E-state index contributed by atoms with van der Waals surface area (Å²) in [4.78, 5) is 5.48. The number of nitrogens with zero attached hydrogens (tertiary/aromatic N) is 3. The van der Waals surface area contributed by atoms with Crippen molar-refractivity contribution in [2.75, 3.05) is 12.0 Å². The van der Waals surface area contributed by atoms with Gasteiger partial charge in [-0.25, -0.2) is 8.42 Å². The summed E-state index contributed by atoms with van der Waals surface area (Å²) in [6.07, 6.45) is 5.29. The van der Waals surface area contributed by atoms with Crippen LogP contribution in [0.2, 0.25) is 0 Å². The molecule has 2 N–H and O–H groups in total. The summed E-state index contributed by atoms with van der Waals surface area (Å²) < 4.78 is 29.8. The van der Waals surface area contributed by atoms with Gasteiger partial charge in [-0.3, -0.25) is 0 Å². The fraction of sp³-hybridized carbons (Fsp3) is 0.333. The summed E-state index contributed by atoms with van der Waals surface area (Å²) in [7, 11) is -3.08. The Kier molecular flexibility index (Phi) is 4.83. The molecule has 24 heavy (non-hydrogen) atoms. The first-order valence-electron chi connectivity index (χ1n) is 7.37. The summed E-state index contributed by atoms with van der Waals surface area (Å²) in [5.74, 6) is 0.735. The van der Waals surface area contributed by atoms with Crippen LogP contribution in [0.3, 0.4) is 0 Å². The van der Waals surface area contributed by atoms with E-state index in [1.165, 1.54) is 6.26 Å². The second-order valence-corrected chi connectivity index (χ2v) is 8.80. The molecule has 3 aromatic heterocycles. The lowest BCUT2D eigenvalue weighted by atomic mass is 10.2. The van der Waals surface area contributed by atoms with Gasteiger partial charge in [0.2, 0.25) is 5.89 Å². The standard InChI is InChI=1S/C15H18N4O3S2/c1-24(20,21)10-6-11(16)15-17-14(18-22-15)13(12-5-4-9-23-12)19-7-2-3-8-19/h2-5,7-9,11,13H,6,10,16H2,1H3/t11-,13+/m1/s1. The second kappa shape index (κ2) is 6.88. The molecule has 0 bridgehead atoms. The van der Waals surface area contributed by atoms with Crippen LogP contribution in [0.15, 0.2) is 46.6 Å². The van der Waals surface area contributed by atoms with Gasteiger partial charge in [-0.1, -0.05) is 11.2 Å². The van der Waals surface area contributed by atoms with E-state index < -0.39 is 15.9 Å². The van der Waals surface area contributed by atoms with Crippen molar-refractivity contribution in [2.24, 2.45) is 5.73 Å². The molecule has 3 rings (SSSR count). The van der Waals surface area contributed by atoms with E-state index >= 15 is 0 Å². The van der Waals surface area contributed by atoms with Crippen molar-refractivity contribution in [3.05, 3.63) is 58.6 Å². The van der Waals surface area contributed by atoms with E-state index in [2.05, 4.69) is 10.1 Å². The number of hydrogen-bond donors (Lipinski definition) is 1. The minimum Gasteiger partial charge on any atom is -0.339 e. The third kappa shape index (κ3) is 3.92. The summed E-state index contributed by atoms with van der Waals surface area (Å²) in [5, 5.41) is 6.05. The normalized spacial score (nSPS) is 14.6. The molecule has 0 fully saturated rings. The second-order valence-electron chi connectivity index (χ2n) is 5.56. The Morgan fingerprint density at radius 3 is 2.71 bits per heavy atom. The zero-order valence-corrected chi connectivity index (χ0v) is 14.7. The Bertz CT molecular complexity index is 836. The van der Waals surface area contributed by atoms with Crippen LogP contribution in [0, 0.1) is 0 Å². The maximum atomic E-state index is 11.3. The van der Waals surface area contributed by atoms with Crippen LogP contribution in [-0.4, -0.2) is 35.1 Å². The first kappa shape index (κ1) is 16.9. The van der Waals surface area contributed by atoms with Crippen molar-refractivity contribution in [3.8, 4) is 0 Å². The Labute approximate surface area is 144 Å². The topological polar surface area (TPSA) is 104 Å². The maximum Gasteiger partial charge on any atom is 0.243 e. The van der Waals surface area contributed by atoms with Crippen LogP contribution in [0.5, 0.6) is 0 Å². The van der Waals surface area contributed by atoms with E-state index in [0.29, 0.717) is 5.82 Å². The molecule has 0 aromatic carbocycles. The third-order valence-electron chi connectivity index (χ3n) is 3.56. The number of hydrogen-bond acceptors (Lipinski definition) is 7. The summed E-state index contributed by atoms with van der Waals surface area (Å²) in [5.41, 5.74) is 5.99. The molecule has 3 heterocycles. The van der Waals surface area contributed by atoms with Gasteiger partial charge < -0.3 is 14.8 Å². The fourth-order valence-electron chi connectivity index (χ4n) is 2.35. The lowest BCUT2D eigenvalue weighted by Gasteiger charge is -2.13. The van der Waals surface area contributed by atoms with Crippen molar-refractivity contribution in [1.82, 2.24) is 14.7 Å². The van der Waals surface area contributed by atoms with Gasteiger partial charge in [0, 0.05) is 23.5 Å². The van der Waals surface area contributed by atoms with Gasteiger partial charge in [0.1, 0.15) is 15.9 Å². The van der Waals surface area contributed by atoms with Crippen molar-refractivity contribution < 1.29 is 12.9 Å². The van der Waals surface area contributed by atoms with E-state index in [1.807, 2.05) is 46.6 Å². The Morgan fingerprint density at radius 2 is 2.08 bits per heavy atom. The van der Waals surface area contributed by atoms with Crippen molar-refractivity contribution >= 4 is 21.2 Å². The molecular weight excluding hydrogens is 348 g/mol. The Balaban J connectivity index is 1.84. The highest BCUT2D eigenvalue weighted by atomic mass is 32.2. The molecule has 0 unspecified atom stereocenters. The lowest BCUT2D eigenvalue weighted by molar-refractivity contribution is 0.346. The van der Waals surface area contributed by atoms with Crippen LogP contribution in [0.4, 0.5) is 0 Å².